The third kappa shape index (κ3) is 3.78. The van der Waals surface area contributed by atoms with Gasteiger partial charge in [0.2, 0.25) is 10.0 Å². The van der Waals surface area contributed by atoms with E-state index in [0.29, 0.717) is 5.69 Å². The van der Waals surface area contributed by atoms with Gasteiger partial charge in [-0.05, 0) is 57.0 Å². The average Bonchev–Trinajstić information content (AvgIpc) is 3.47. The second-order valence-electron chi connectivity index (χ2n) is 6.25. The van der Waals surface area contributed by atoms with Gasteiger partial charge >= 0.3 is 5.97 Å². The number of rotatable bonds is 7. The zero-order valence-corrected chi connectivity index (χ0v) is 15.6. The van der Waals surface area contributed by atoms with Crippen LogP contribution in [0.25, 0.3) is 0 Å². The third-order valence-corrected chi connectivity index (χ3v) is 6.34. The molecule has 0 bridgehead atoms. The van der Waals surface area contributed by atoms with E-state index in [1.165, 1.54) is 16.4 Å². The Morgan fingerprint density at radius 3 is 2.65 bits per heavy atom. The van der Waals surface area contributed by atoms with E-state index < -0.39 is 16.0 Å². The highest BCUT2D eigenvalue weighted by molar-refractivity contribution is 7.89. The van der Waals surface area contributed by atoms with E-state index in [2.05, 4.69) is 4.98 Å². The largest absolute Gasteiger partial charge is 0.462 e. The van der Waals surface area contributed by atoms with Gasteiger partial charge in [0.1, 0.15) is 0 Å². The Labute approximate surface area is 153 Å². The van der Waals surface area contributed by atoms with Gasteiger partial charge in [0.15, 0.2) is 0 Å². The van der Waals surface area contributed by atoms with Gasteiger partial charge in [0, 0.05) is 12.2 Å². The molecule has 138 valence electrons. The van der Waals surface area contributed by atoms with Crippen molar-refractivity contribution in [3.8, 4) is 0 Å². The molecule has 0 N–H and O–H groups in total. The maximum Gasteiger partial charge on any atom is 0.338 e. The highest BCUT2D eigenvalue weighted by atomic mass is 32.2. The number of hydrogen-bond acceptors (Lipinski definition) is 5. The van der Waals surface area contributed by atoms with E-state index >= 15 is 0 Å². The van der Waals surface area contributed by atoms with Crippen molar-refractivity contribution in [3.05, 3.63) is 59.9 Å². The van der Waals surface area contributed by atoms with Gasteiger partial charge in [-0.3, -0.25) is 4.98 Å². The second kappa shape index (κ2) is 7.55. The van der Waals surface area contributed by atoms with E-state index in [4.69, 9.17) is 4.74 Å². The van der Waals surface area contributed by atoms with Crippen molar-refractivity contribution in [3.63, 3.8) is 0 Å². The Bertz CT molecular complexity index is 879. The van der Waals surface area contributed by atoms with Gasteiger partial charge in [-0.15, -0.1) is 0 Å². The third-order valence-electron chi connectivity index (χ3n) is 4.32. The molecule has 1 saturated carbocycles. The molecule has 1 aromatic carbocycles. The van der Waals surface area contributed by atoms with Crippen LogP contribution in [0.15, 0.2) is 53.6 Å². The van der Waals surface area contributed by atoms with Crippen LogP contribution in [0, 0.1) is 0 Å². The molecule has 0 aliphatic heterocycles. The lowest BCUT2D eigenvalue weighted by atomic mass is 10.2. The monoisotopic (exact) mass is 374 g/mol. The summed E-state index contributed by atoms with van der Waals surface area (Å²) in [7, 11) is -3.77. The molecule has 0 spiro atoms. The van der Waals surface area contributed by atoms with E-state index in [1.807, 2.05) is 19.1 Å². The number of carbonyl (C=O) groups is 1. The lowest BCUT2D eigenvalue weighted by molar-refractivity contribution is 0.0526. The molecule has 1 fully saturated rings. The number of hydrogen-bond donors (Lipinski definition) is 0. The molecular weight excluding hydrogens is 352 g/mol. The normalized spacial score (nSPS) is 15.7. The van der Waals surface area contributed by atoms with Crippen LogP contribution in [0.2, 0.25) is 0 Å². The average molecular weight is 374 g/mol. The van der Waals surface area contributed by atoms with Crippen molar-refractivity contribution in [2.45, 2.75) is 43.7 Å². The standard InChI is InChI=1S/C19H22N2O4S/c1-3-25-19(22)15-7-6-8-17(13-15)26(23,24)21(16-10-11-16)14(2)18-9-4-5-12-20-18/h4-9,12-14,16H,3,10-11H2,1-2H3. The van der Waals surface area contributed by atoms with Crippen molar-refractivity contribution in [2.75, 3.05) is 6.61 Å². The topological polar surface area (TPSA) is 76.6 Å². The summed E-state index contributed by atoms with van der Waals surface area (Å²) in [6.45, 7) is 3.79. The summed E-state index contributed by atoms with van der Waals surface area (Å²) in [5.74, 6) is -0.528. The van der Waals surface area contributed by atoms with Crippen molar-refractivity contribution in [1.29, 1.82) is 0 Å². The zero-order valence-electron chi connectivity index (χ0n) is 14.8. The molecule has 1 heterocycles. The molecule has 7 heteroatoms. The molecule has 0 saturated heterocycles. The quantitative estimate of drug-likeness (QED) is 0.696. The Hall–Kier alpha value is -2.25. The minimum atomic E-state index is -3.77. The molecule has 26 heavy (non-hydrogen) atoms. The van der Waals surface area contributed by atoms with Gasteiger partial charge in [0.05, 0.1) is 28.8 Å². The highest BCUT2D eigenvalue weighted by Gasteiger charge is 2.42. The fourth-order valence-corrected chi connectivity index (χ4v) is 4.82. The minimum Gasteiger partial charge on any atom is -0.462 e. The first-order valence-electron chi connectivity index (χ1n) is 8.66. The smallest absolute Gasteiger partial charge is 0.338 e. The Kier molecular flexibility index (Phi) is 5.38. The van der Waals surface area contributed by atoms with Crippen molar-refractivity contribution >= 4 is 16.0 Å². The number of carbonyl (C=O) groups excluding carboxylic acids is 1. The molecular formula is C19H22N2O4S. The number of nitrogens with zero attached hydrogens (tertiary/aromatic N) is 2. The van der Waals surface area contributed by atoms with Gasteiger partial charge < -0.3 is 4.74 Å². The number of benzene rings is 1. The molecule has 1 unspecified atom stereocenters. The lowest BCUT2D eigenvalue weighted by Gasteiger charge is -2.28. The summed E-state index contributed by atoms with van der Waals surface area (Å²) in [5.41, 5.74) is 0.929. The van der Waals surface area contributed by atoms with E-state index in [-0.39, 0.29) is 29.1 Å². The summed E-state index contributed by atoms with van der Waals surface area (Å²) in [6.07, 6.45) is 3.31. The number of esters is 1. The molecule has 1 atom stereocenters. The van der Waals surface area contributed by atoms with Crippen LogP contribution in [0.5, 0.6) is 0 Å². The van der Waals surface area contributed by atoms with Crippen LogP contribution in [0.1, 0.15) is 48.8 Å². The second-order valence-corrected chi connectivity index (χ2v) is 8.09. The van der Waals surface area contributed by atoms with Gasteiger partial charge in [-0.25, -0.2) is 13.2 Å². The van der Waals surface area contributed by atoms with Crippen LogP contribution in [-0.2, 0) is 14.8 Å². The van der Waals surface area contributed by atoms with Crippen LogP contribution < -0.4 is 0 Å². The van der Waals surface area contributed by atoms with Crippen LogP contribution in [0.3, 0.4) is 0 Å². The summed E-state index contributed by atoms with van der Waals surface area (Å²) in [5, 5.41) is 0. The summed E-state index contributed by atoms with van der Waals surface area (Å²) < 4.78 is 33.1. The molecule has 3 rings (SSSR count). The van der Waals surface area contributed by atoms with Crippen molar-refractivity contribution < 1.29 is 17.9 Å². The van der Waals surface area contributed by atoms with E-state index in [1.54, 1.807) is 31.3 Å². The molecule has 1 aromatic heterocycles. The Morgan fingerprint density at radius 2 is 2.04 bits per heavy atom. The van der Waals surface area contributed by atoms with Crippen molar-refractivity contribution in [1.82, 2.24) is 9.29 Å². The lowest BCUT2D eigenvalue weighted by Crippen LogP contribution is -2.36. The Balaban J connectivity index is 1.97. The predicted molar refractivity (Wildman–Crippen MR) is 97.1 cm³/mol. The molecule has 2 aromatic rings. The summed E-state index contributed by atoms with van der Waals surface area (Å²) in [4.78, 5) is 16.4. The molecule has 0 radical (unpaired) electrons. The first-order valence-corrected chi connectivity index (χ1v) is 10.1. The fourth-order valence-electron chi connectivity index (χ4n) is 2.92. The number of aromatic nitrogens is 1. The zero-order chi connectivity index (χ0) is 18.7. The summed E-state index contributed by atoms with van der Waals surface area (Å²) in [6, 6.07) is 11.1. The maximum atomic E-state index is 13.3. The number of pyridine rings is 1. The molecule has 6 nitrogen and oxygen atoms in total. The SMILES string of the molecule is CCOC(=O)c1cccc(S(=O)(=O)N(C2CC2)C(C)c2ccccn2)c1. The molecule has 1 aliphatic rings. The van der Waals surface area contributed by atoms with Crippen molar-refractivity contribution in [2.24, 2.45) is 0 Å². The Morgan fingerprint density at radius 1 is 1.27 bits per heavy atom. The van der Waals surface area contributed by atoms with Gasteiger partial charge in [-0.2, -0.15) is 4.31 Å². The van der Waals surface area contributed by atoms with Crippen LogP contribution in [0.4, 0.5) is 0 Å². The first-order chi connectivity index (χ1) is 12.4. The molecule has 0 amide bonds. The van der Waals surface area contributed by atoms with Gasteiger partial charge in [0.25, 0.3) is 0 Å². The van der Waals surface area contributed by atoms with Crippen LogP contribution >= 0.6 is 0 Å². The predicted octanol–water partition coefficient (Wildman–Crippen LogP) is 3.17. The number of ether oxygens (including phenoxy) is 1. The highest BCUT2D eigenvalue weighted by Crippen LogP contribution is 2.38. The molecule has 1 aliphatic carbocycles. The fraction of sp³-hybridized carbons (Fsp3) is 0.368. The minimum absolute atomic E-state index is 0.0387. The van der Waals surface area contributed by atoms with Gasteiger partial charge in [-0.1, -0.05) is 12.1 Å². The van der Waals surface area contributed by atoms with Crippen LogP contribution in [-0.4, -0.2) is 36.3 Å². The summed E-state index contributed by atoms with van der Waals surface area (Å²) >= 11 is 0. The van der Waals surface area contributed by atoms with E-state index in [9.17, 15) is 13.2 Å². The van der Waals surface area contributed by atoms with E-state index in [0.717, 1.165) is 12.8 Å². The first kappa shape index (κ1) is 18.5. The maximum absolute atomic E-state index is 13.3. The number of sulfonamides is 1.